The average Bonchev–Trinajstić information content (AvgIpc) is 2.05. The molecule has 0 atom stereocenters. The van der Waals surface area contributed by atoms with Gasteiger partial charge in [-0.25, -0.2) is 0 Å². The highest BCUT2D eigenvalue weighted by Crippen LogP contribution is 2.12. The molecule has 0 bridgehead atoms. The van der Waals surface area contributed by atoms with E-state index in [0.717, 1.165) is 10.5 Å². The van der Waals surface area contributed by atoms with Crippen molar-refractivity contribution in [2.75, 3.05) is 0 Å². The van der Waals surface area contributed by atoms with Gasteiger partial charge in [-0.1, -0.05) is 12.1 Å². The molecule has 1 aromatic rings. The molecular formula is C7H9NOS. The maximum Gasteiger partial charge on any atom is 0.0682 e. The number of hydrogen-bond donors (Lipinski definition) is 2. The van der Waals surface area contributed by atoms with Gasteiger partial charge in [-0.15, -0.1) is 0 Å². The van der Waals surface area contributed by atoms with Gasteiger partial charge in [0.05, 0.1) is 6.61 Å². The second kappa shape index (κ2) is 3.61. The summed E-state index contributed by atoms with van der Waals surface area (Å²) in [5, 5.41) is 14.0. The molecule has 1 rings (SSSR count). The Morgan fingerprint density at radius 2 is 2.30 bits per heavy atom. The van der Waals surface area contributed by atoms with Gasteiger partial charge in [0.25, 0.3) is 0 Å². The fourth-order valence-electron chi connectivity index (χ4n) is 0.717. The van der Waals surface area contributed by atoms with Gasteiger partial charge >= 0.3 is 0 Å². The zero-order valence-electron chi connectivity index (χ0n) is 5.45. The Bertz CT molecular complexity index is 195. The van der Waals surface area contributed by atoms with Crippen molar-refractivity contribution in [3.05, 3.63) is 29.8 Å². The number of hydrogen-bond acceptors (Lipinski definition) is 3. The Morgan fingerprint density at radius 3 is 2.90 bits per heavy atom. The molecule has 0 radical (unpaired) electrons. The third kappa shape index (κ3) is 1.73. The summed E-state index contributed by atoms with van der Waals surface area (Å²) in [5.41, 5.74) is 0.899. The van der Waals surface area contributed by atoms with Crippen LogP contribution >= 0.6 is 11.9 Å². The molecule has 54 valence electrons. The van der Waals surface area contributed by atoms with Crippen molar-refractivity contribution in [3.8, 4) is 0 Å². The third-order valence-corrected chi connectivity index (χ3v) is 1.74. The fourth-order valence-corrected chi connectivity index (χ4v) is 1.09. The lowest BCUT2D eigenvalue weighted by molar-refractivity contribution is 0.281. The summed E-state index contributed by atoms with van der Waals surface area (Å²) in [4.78, 5) is 0.978. The number of rotatable bonds is 2. The maximum absolute atomic E-state index is 8.71. The second-order valence-electron chi connectivity index (χ2n) is 1.92. The van der Waals surface area contributed by atoms with Gasteiger partial charge in [0.2, 0.25) is 0 Å². The van der Waals surface area contributed by atoms with Gasteiger partial charge in [-0.2, -0.15) is 0 Å². The van der Waals surface area contributed by atoms with Gasteiger partial charge in [-0.3, -0.25) is 5.14 Å². The summed E-state index contributed by atoms with van der Waals surface area (Å²) in [5.74, 6) is 0. The Morgan fingerprint density at radius 1 is 1.50 bits per heavy atom. The van der Waals surface area contributed by atoms with Crippen molar-refractivity contribution in [3.63, 3.8) is 0 Å². The first kappa shape index (κ1) is 7.60. The average molecular weight is 155 g/mol. The smallest absolute Gasteiger partial charge is 0.0682 e. The van der Waals surface area contributed by atoms with E-state index in [2.05, 4.69) is 0 Å². The molecule has 3 N–H and O–H groups in total. The maximum atomic E-state index is 8.71. The molecule has 0 saturated carbocycles. The van der Waals surface area contributed by atoms with Gasteiger partial charge in [0.1, 0.15) is 0 Å². The van der Waals surface area contributed by atoms with Crippen LogP contribution in [0, 0.1) is 0 Å². The van der Waals surface area contributed by atoms with Crippen LogP contribution in [0.25, 0.3) is 0 Å². The van der Waals surface area contributed by atoms with Crippen LogP contribution in [-0.4, -0.2) is 5.11 Å². The third-order valence-electron chi connectivity index (χ3n) is 1.22. The molecule has 0 spiro atoms. The Labute approximate surface area is 64.2 Å². The van der Waals surface area contributed by atoms with Crippen molar-refractivity contribution >= 4 is 11.9 Å². The lowest BCUT2D eigenvalue weighted by Crippen LogP contribution is -1.84. The van der Waals surface area contributed by atoms with E-state index in [1.54, 1.807) is 0 Å². The Balaban J connectivity index is 2.87. The molecular weight excluding hydrogens is 146 g/mol. The van der Waals surface area contributed by atoms with Gasteiger partial charge in [0.15, 0.2) is 0 Å². The number of aliphatic hydroxyl groups is 1. The molecule has 10 heavy (non-hydrogen) atoms. The van der Waals surface area contributed by atoms with Crippen LogP contribution in [0.4, 0.5) is 0 Å². The Hall–Kier alpha value is -0.510. The fraction of sp³-hybridized carbons (Fsp3) is 0.143. The molecule has 0 unspecified atom stereocenters. The molecule has 0 aliphatic carbocycles. The zero-order valence-corrected chi connectivity index (χ0v) is 6.27. The number of nitrogens with two attached hydrogens (primary N) is 1. The number of aliphatic hydroxyl groups excluding tert-OH is 1. The van der Waals surface area contributed by atoms with E-state index >= 15 is 0 Å². The molecule has 0 amide bonds. The van der Waals surface area contributed by atoms with Crippen molar-refractivity contribution in [2.45, 2.75) is 11.5 Å². The largest absolute Gasteiger partial charge is 0.392 e. The molecule has 0 heterocycles. The highest BCUT2D eigenvalue weighted by molar-refractivity contribution is 7.97. The van der Waals surface area contributed by atoms with Gasteiger partial charge in [-0.05, 0) is 29.6 Å². The summed E-state index contributed by atoms with van der Waals surface area (Å²) < 4.78 is 0. The molecule has 0 aliphatic rings. The van der Waals surface area contributed by atoms with E-state index in [1.165, 1.54) is 11.9 Å². The predicted octanol–water partition coefficient (Wildman–Crippen LogP) is 1.14. The summed E-state index contributed by atoms with van der Waals surface area (Å²) in [6.07, 6.45) is 0. The van der Waals surface area contributed by atoms with Crippen molar-refractivity contribution in [1.29, 1.82) is 0 Å². The minimum atomic E-state index is 0.0778. The summed E-state index contributed by atoms with van der Waals surface area (Å²) in [7, 11) is 0. The molecule has 0 saturated heterocycles. The van der Waals surface area contributed by atoms with E-state index in [9.17, 15) is 0 Å². The first-order valence-corrected chi connectivity index (χ1v) is 3.81. The summed E-state index contributed by atoms with van der Waals surface area (Å²) >= 11 is 1.19. The zero-order chi connectivity index (χ0) is 7.40. The van der Waals surface area contributed by atoms with Crippen LogP contribution in [0.2, 0.25) is 0 Å². The Kier molecular flexibility index (Phi) is 2.74. The highest BCUT2D eigenvalue weighted by Gasteiger charge is 1.91. The summed E-state index contributed by atoms with van der Waals surface area (Å²) in [6, 6.07) is 7.51. The van der Waals surface area contributed by atoms with Gasteiger partial charge in [0, 0.05) is 4.90 Å². The van der Waals surface area contributed by atoms with E-state index in [1.807, 2.05) is 24.3 Å². The van der Waals surface area contributed by atoms with Crippen LogP contribution in [0.3, 0.4) is 0 Å². The van der Waals surface area contributed by atoms with Crippen LogP contribution in [-0.2, 0) is 6.61 Å². The van der Waals surface area contributed by atoms with Crippen molar-refractivity contribution in [2.24, 2.45) is 5.14 Å². The van der Waals surface area contributed by atoms with Crippen LogP contribution < -0.4 is 5.14 Å². The van der Waals surface area contributed by atoms with E-state index in [4.69, 9.17) is 10.2 Å². The minimum absolute atomic E-state index is 0.0778. The number of benzene rings is 1. The van der Waals surface area contributed by atoms with Crippen LogP contribution in [0.1, 0.15) is 5.56 Å². The van der Waals surface area contributed by atoms with E-state index in [0.29, 0.717) is 0 Å². The lowest BCUT2D eigenvalue weighted by atomic mass is 10.2. The normalized spacial score (nSPS) is 9.80. The first-order valence-electron chi connectivity index (χ1n) is 2.93. The molecule has 3 heteroatoms. The standard InChI is InChI=1S/C7H9NOS/c8-10-7-3-1-2-6(4-7)5-9/h1-4,9H,5,8H2. The van der Waals surface area contributed by atoms with Crippen molar-refractivity contribution < 1.29 is 5.11 Å². The molecule has 1 aromatic carbocycles. The highest BCUT2D eigenvalue weighted by atomic mass is 32.2. The van der Waals surface area contributed by atoms with Gasteiger partial charge < -0.3 is 5.11 Å². The second-order valence-corrected chi connectivity index (χ2v) is 2.63. The lowest BCUT2D eigenvalue weighted by Gasteiger charge is -1.97. The minimum Gasteiger partial charge on any atom is -0.392 e. The molecule has 0 aromatic heterocycles. The molecule has 0 fully saturated rings. The summed E-state index contributed by atoms with van der Waals surface area (Å²) in [6.45, 7) is 0.0778. The molecule has 0 aliphatic heterocycles. The SMILES string of the molecule is NSc1cccc(CO)c1. The van der Waals surface area contributed by atoms with Crippen molar-refractivity contribution in [1.82, 2.24) is 0 Å². The monoisotopic (exact) mass is 155 g/mol. The molecule has 2 nitrogen and oxygen atoms in total. The quantitative estimate of drug-likeness (QED) is 0.630. The van der Waals surface area contributed by atoms with E-state index < -0.39 is 0 Å². The predicted molar refractivity (Wildman–Crippen MR) is 42.4 cm³/mol. The van der Waals surface area contributed by atoms with Crippen LogP contribution in [0.5, 0.6) is 0 Å². The van der Waals surface area contributed by atoms with Crippen LogP contribution in [0.15, 0.2) is 29.2 Å². The first-order chi connectivity index (χ1) is 4.86. The topological polar surface area (TPSA) is 46.2 Å². The van der Waals surface area contributed by atoms with E-state index in [-0.39, 0.29) is 6.61 Å².